The summed E-state index contributed by atoms with van der Waals surface area (Å²) < 4.78 is 47.2. The van der Waals surface area contributed by atoms with Crippen LogP contribution >= 0.6 is 23.2 Å². The van der Waals surface area contributed by atoms with Crippen LogP contribution in [0.2, 0.25) is 10.0 Å². The molecule has 0 amide bonds. The summed E-state index contributed by atoms with van der Waals surface area (Å²) in [5, 5.41) is 9.22. The number of hydrogen-bond donors (Lipinski definition) is 2. The molecule has 0 saturated carbocycles. The average molecular weight is 412 g/mol. The summed E-state index contributed by atoms with van der Waals surface area (Å²) in [7, 11) is -7.96. The molecule has 1 aromatic carbocycles. The van der Waals surface area contributed by atoms with Gasteiger partial charge in [0.25, 0.3) is 10.0 Å². The summed E-state index contributed by atoms with van der Waals surface area (Å²) in [5.74, 6) is 0. The second-order valence-electron chi connectivity index (χ2n) is 5.56. The van der Waals surface area contributed by atoms with Crippen molar-refractivity contribution in [1.29, 1.82) is 5.26 Å². The fourth-order valence-corrected chi connectivity index (χ4v) is 3.58. The third-order valence-corrected chi connectivity index (χ3v) is 7.20. The Balaban J connectivity index is 3.03. The van der Waals surface area contributed by atoms with Crippen molar-refractivity contribution < 1.29 is 16.8 Å². The molecule has 0 aliphatic carbocycles. The molecule has 0 unspecified atom stereocenters. The highest BCUT2D eigenvalue weighted by Gasteiger charge is 2.33. The van der Waals surface area contributed by atoms with Crippen LogP contribution in [0.5, 0.6) is 0 Å². The van der Waals surface area contributed by atoms with Gasteiger partial charge in [-0.05, 0) is 39.0 Å². The van der Waals surface area contributed by atoms with Crippen molar-refractivity contribution >= 4 is 43.1 Å². The number of halogens is 2. The summed E-state index contributed by atoms with van der Waals surface area (Å²) in [5.41, 5.74) is 2.11. The first-order chi connectivity index (χ1) is 10.8. The Hall–Kier alpha value is -1.31. The number of nitrogens with zero attached hydrogens (tertiary/aromatic N) is 1. The molecule has 0 spiro atoms. The van der Waals surface area contributed by atoms with Crippen molar-refractivity contribution in [2.45, 2.75) is 30.4 Å². The molecule has 0 aromatic heterocycles. The maximum Gasteiger partial charge on any atom is 0.257 e. The number of sulfone groups is 1. The number of benzene rings is 1. The van der Waals surface area contributed by atoms with Gasteiger partial charge in [-0.15, -0.1) is 4.83 Å². The SMILES string of the molecule is CC(C)(C)S(=O)(=O)/C(C#N)=C/NNS(=O)(=O)c1ccc(Cl)c(Cl)c1. The van der Waals surface area contributed by atoms with Crippen LogP contribution in [0.15, 0.2) is 34.2 Å². The van der Waals surface area contributed by atoms with Gasteiger partial charge in [-0.3, -0.25) is 0 Å². The fraction of sp³-hybridized carbons (Fsp3) is 0.308. The standard InChI is InChI=1S/C13H15Cl2N3O4S2/c1-13(2,3)23(19,20)10(7-16)8-17-18-24(21,22)9-4-5-11(14)12(15)6-9/h4-6,8,17-18H,1-3H3/b10-8+. The molecule has 2 N–H and O–H groups in total. The van der Waals surface area contributed by atoms with Crippen molar-refractivity contribution in [3.05, 3.63) is 39.3 Å². The number of sulfonamides is 1. The van der Waals surface area contributed by atoms with E-state index in [0.717, 1.165) is 12.3 Å². The highest BCUT2D eigenvalue weighted by Crippen LogP contribution is 2.25. The predicted molar refractivity (Wildman–Crippen MR) is 92.3 cm³/mol. The lowest BCUT2D eigenvalue weighted by atomic mass is 10.3. The molecule has 1 aromatic rings. The quantitative estimate of drug-likeness (QED) is 0.567. The van der Waals surface area contributed by atoms with Gasteiger partial charge in [0.1, 0.15) is 6.07 Å². The molecule has 7 nitrogen and oxygen atoms in total. The number of nitriles is 1. The van der Waals surface area contributed by atoms with Crippen molar-refractivity contribution in [1.82, 2.24) is 10.3 Å². The van der Waals surface area contributed by atoms with Gasteiger partial charge in [0, 0.05) is 6.20 Å². The van der Waals surface area contributed by atoms with Gasteiger partial charge < -0.3 is 5.43 Å². The van der Waals surface area contributed by atoms with Crippen molar-refractivity contribution in [2.24, 2.45) is 0 Å². The number of hydrogen-bond acceptors (Lipinski definition) is 6. The van der Waals surface area contributed by atoms with Crippen LogP contribution in [0, 0.1) is 11.3 Å². The monoisotopic (exact) mass is 411 g/mol. The summed E-state index contributed by atoms with van der Waals surface area (Å²) in [6.07, 6.45) is 0.773. The van der Waals surface area contributed by atoms with Crippen LogP contribution in [0.1, 0.15) is 20.8 Å². The minimum absolute atomic E-state index is 0.0445. The average Bonchev–Trinajstić information content (AvgIpc) is 2.44. The minimum Gasteiger partial charge on any atom is -0.313 e. The van der Waals surface area contributed by atoms with Gasteiger partial charge in [0.2, 0.25) is 0 Å². The Kier molecular flexibility index (Phi) is 6.30. The van der Waals surface area contributed by atoms with E-state index in [2.05, 4.69) is 5.43 Å². The molecular formula is C13H15Cl2N3O4S2. The van der Waals surface area contributed by atoms with Gasteiger partial charge in [0.15, 0.2) is 14.7 Å². The molecule has 132 valence electrons. The zero-order valence-electron chi connectivity index (χ0n) is 13.0. The molecular weight excluding hydrogens is 397 g/mol. The molecule has 0 saturated heterocycles. The minimum atomic E-state index is -4.04. The van der Waals surface area contributed by atoms with E-state index in [9.17, 15) is 16.8 Å². The zero-order valence-corrected chi connectivity index (χ0v) is 16.1. The number of rotatable bonds is 5. The van der Waals surface area contributed by atoms with E-state index in [1.165, 1.54) is 39.0 Å². The van der Waals surface area contributed by atoms with Crippen LogP contribution in [0.3, 0.4) is 0 Å². The lowest BCUT2D eigenvalue weighted by Gasteiger charge is -2.18. The van der Waals surface area contributed by atoms with Crippen LogP contribution in [-0.2, 0) is 19.9 Å². The second-order valence-corrected chi connectivity index (χ2v) is 10.7. The highest BCUT2D eigenvalue weighted by atomic mass is 35.5. The molecule has 0 bridgehead atoms. The van der Waals surface area contributed by atoms with E-state index >= 15 is 0 Å². The van der Waals surface area contributed by atoms with Crippen molar-refractivity contribution in [3.8, 4) is 6.07 Å². The zero-order chi connectivity index (χ0) is 18.8. The lowest BCUT2D eigenvalue weighted by molar-refractivity contribution is 0.565. The molecule has 0 aliphatic rings. The maximum absolute atomic E-state index is 12.2. The lowest BCUT2D eigenvalue weighted by Crippen LogP contribution is -2.35. The molecule has 0 atom stereocenters. The van der Waals surface area contributed by atoms with Gasteiger partial charge in [-0.2, -0.15) is 5.26 Å². The third kappa shape index (κ3) is 4.62. The third-order valence-electron chi connectivity index (χ3n) is 2.80. The maximum atomic E-state index is 12.2. The largest absolute Gasteiger partial charge is 0.313 e. The Labute approximate surface area is 151 Å². The van der Waals surface area contributed by atoms with Crippen molar-refractivity contribution in [3.63, 3.8) is 0 Å². The topological polar surface area (TPSA) is 116 Å². The number of allylic oxidation sites excluding steroid dienone is 1. The first-order valence-corrected chi connectivity index (χ1v) is 10.1. The Bertz CT molecular complexity index is 912. The van der Waals surface area contributed by atoms with Crippen LogP contribution in [0.4, 0.5) is 0 Å². The fourth-order valence-electron chi connectivity index (χ4n) is 1.38. The van der Waals surface area contributed by atoms with Crippen LogP contribution in [0.25, 0.3) is 0 Å². The van der Waals surface area contributed by atoms with E-state index < -0.39 is 29.5 Å². The van der Waals surface area contributed by atoms with E-state index in [-0.39, 0.29) is 14.9 Å². The van der Waals surface area contributed by atoms with Gasteiger partial charge in [-0.25, -0.2) is 16.8 Å². The van der Waals surface area contributed by atoms with Gasteiger partial charge >= 0.3 is 0 Å². The van der Waals surface area contributed by atoms with Gasteiger partial charge in [0.05, 0.1) is 19.7 Å². The molecule has 24 heavy (non-hydrogen) atoms. The normalized spacial score (nSPS) is 13.4. The van der Waals surface area contributed by atoms with E-state index in [1.54, 1.807) is 0 Å². The van der Waals surface area contributed by atoms with E-state index in [4.69, 9.17) is 28.5 Å². The Morgan fingerprint density at radius 3 is 2.21 bits per heavy atom. The Morgan fingerprint density at radius 2 is 1.75 bits per heavy atom. The van der Waals surface area contributed by atoms with Crippen molar-refractivity contribution in [2.75, 3.05) is 0 Å². The molecule has 1 rings (SSSR count). The molecule has 11 heteroatoms. The molecule has 0 radical (unpaired) electrons. The predicted octanol–water partition coefficient (Wildman–Crippen LogP) is 2.35. The number of nitrogens with one attached hydrogen (secondary N) is 2. The highest BCUT2D eigenvalue weighted by molar-refractivity contribution is 7.96. The summed E-state index contributed by atoms with van der Waals surface area (Å²) in [4.78, 5) is 1.15. The molecule has 0 fully saturated rings. The smallest absolute Gasteiger partial charge is 0.257 e. The second kappa shape index (κ2) is 7.29. The first kappa shape index (κ1) is 20.7. The molecule has 0 heterocycles. The molecule has 0 aliphatic heterocycles. The van der Waals surface area contributed by atoms with E-state index in [0.29, 0.717) is 0 Å². The summed E-state index contributed by atoms with van der Waals surface area (Å²) in [6, 6.07) is 5.19. The first-order valence-electron chi connectivity index (χ1n) is 6.40. The number of hydrazine groups is 1. The van der Waals surface area contributed by atoms with Crippen LogP contribution < -0.4 is 10.3 Å². The van der Waals surface area contributed by atoms with Crippen LogP contribution in [-0.4, -0.2) is 21.6 Å². The summed E-state index contributed by atoms with van der Waals surface area (Å²) in [6.45, 7) is 4.27. The van der Waals surface area contributed by atoms with Gasteiger partial charge in [-0.1, -0.05) is 23.2 Å². The summed E-state index contributed by atoms with van der Waals surface area (Å²) >= 11 is 11.5. The van der Waals surface area contributed by atoms with E-state index in [1.807, 2.05) is 4.83 Å². The Morgan fingerprint density at radius 1 is 1.17 bits per heavy atom.